The molecule has 5 heteroatoms. The van der Waals surface area contributed by atoms with Gasteiger partial charge in [-0.3, -0.25) is 9.59 Å². The Hall–Kier alpha value is -2.04. The quantitative estimate of drug-likeness (QED) is 0.722. The van der Waals surface area contributed by atoms with Crippen LogP contribution in [0.3, 0.4) is 0 Å². The van der Waals surface area contributed by atoms with Crippen molar-refractivity contribution in [2.75, 3.05) is 13.1 Å². The van der Waals surface area contributed by atoms with E-state index in [0.29, 0.717) is 12.3 Å². The van der Waals surface area contributed by atoms with E-state index in [1.807, 2.05) is 6.92 Å². The van der Waals surface area contributed by atoms with Crippen LogP contribution in [0.2, 0.25) is 0 Å². The molecule has 0 aliphatic heterocycles. The van der Waals surface area contributed by atoms with Gasteiger partial charge < -0.3 is 15.1 Å². The van der Waals surface area contributed by atoms with Gasteiger partial charge in [0.05, 0.1) is 12.8 Å². The summed E-state index contributed by atoms with van der Waals surface area (Å²) in [6, 6.07) is 3.47. The van der Waals surface area contributed by atoms with Crippen LogP contribution in [0, 0.1) is 0 Å². The fourth-order valence-corrected chi connectivity index (χ4v) is 1.10. The lowest BCUT2D eigenvalue weighted by Gasteiger charge is -2.03. The molecule has 0 spiro atoms. The highest BCUT2D eigenvalue weighted by Gasteiger charge is 2.01. The Bertz CT molecular complexity index is 382. The first-order valence-corrected chi connectivity index (χ1v) is 5.48. The Kier molecular flexibility index (Phi) is 5.57. The largest absolute Gasteiger partial charge is 0.465 e. The van der Waals surface area contributed by atoms with Gasteiger partial charge in [0.1, 0.15) is 5.76 Å². The lowest BCUT2D eigenvalue weighted by atomic mass is 10.4. The third-order valence-electron chi connectivity index (χ3n) is 1.94. The van der Waals surface area contributed by atoms with Gasteiger partial charge in [-0.1, -0.05) is 6.92 Å². The molecule has 0 aliphatic rings. The van der Waals surface area contributed by atoms with Gasteiger partial charge in [-0.05, 0) is 24.6 Å². The van der Waals surface area contributed by atoms with Crippen molar-refractivity contribution in [2.45, 2.75) is 13.3 Å². The Morgan fingerprint density at radius 3 is 2.88 bits per heavy atom. The lowest BCUT2D eigenvalue weighted by Crippen LogP contribution is -2.36. The zero-order chi connectivity index (χ0) is 12.5. The number of furan rings is 1. The molecule has 92 valence electrons. The van der Waals surface area contributed by atoms with Gasteiger partial charge in [0.2, 0.25) is 11.8 Å². The molecule has 0 fully saturated rings. The number of rotatable bonds is 6. The highest BCUT2D eigenvalue weighted by Crippen LogP contribution is 2.01. The molecule has 2 amide bonds. The molecular formula is C12H16N2O3. The first-order valence-electron chi connectivity index (χ1n) is 5.48. The first-order chi connectivity index (χ1) is 8.22. The second kappa shape index (κ2) is 7.27. The third kappa shape index (κ3) is 5.55. The average Bonchev–Trinajstić information content (AvgIpc) is 2.84. The van der Waals surface area contributed by atoms with Crippen LogP contribution in [0.15, 0.2) is 28.9 Å². The second-order valence-electron chi connectivity index (χ2n) is 3.42. The molecule has 1 rings (SSSR count). The van der Waals surface area contributed by atoms with E-state index in [-0.39, 0.29) is 18.4 Å². The maximum Gasteiger partial charge on any atom is 0.244 e. The minimum Gasteiger partial charge on any atom is -0.465 e. The van der Waals surface area contributed by atoms with E-state index in [0.717, 1.165) is 6.42 Å². The van der Waals surface area contributed by atoms with Crippen molar-refractivity contribution < 1.29 is 14.0 Å². The molecule has 0 atom stereocenters. The average molecular weight is 236 g/mol. The topological polar surface area (TPSA) is 71.3 Å². The number of carbonyl (C=O) groups is 2. The van der Waals surface area contributed by atoms with Crippen molar-refractivity contribution in [1.82, 2.24) is 10.6 Å². The fraction of sp³-hybridized carbons (Fsp3) is 0.333. The molecule has 0 saturated heterocycles. The number of hydrogen-bond donors (Lipinski definition) is 2. The van der Waals surface area contributed by atoms with E-state index in [4.69, 9.17) is 4.42 Å². The Morgan fingerprint density at radius 2 is 2.24 bits per heavy atom. The molecule has 0 aliphatic carbocycles. The fourth-order valence-electron chi connectivity index (χ4n) is 1.10. The number of carbonyl (C=O) groups excluding carboxylic acids is 2. The standard InChI is InChI=1S/C12H16N2O3/c1-2-7-13-12(16)9-14-11(15)6-5-10-4-3-8-17-10/h3-6,8H,2,7,9H2,1H3,(H,13,16)(H,14,15)/b6-5+. The summed E-state index contributed by atoms with van der Waals surface area (Å²) in [5.74, 6) is 0.0789. The van der Waals surface area contributed by atoms with Crippen molar-refractivity contribution in [1.29, 1.82) is 0 Å². The molecular weight excluding hydrogens is 220 g/mol. The van der Waals surface area contributed by atoms with Crippen molar-refractivity contribution in [2.24, 2.45) is 0 Å². The van der Waals surface area contributed by atoms with E-state index in [2.05, 4.69) is 10.6 Å². The number of amides is 2. The molecule has 5 nitrogen and oxygen atoms in total. The van der Waals surface area contributed by atoms with Gasteiger partial charge in [-0.2, -0.15) is 0 Å². The van der Waals surface area contributed by atoms with Gasteiger partial charge in [-0.25, -0.2) is 0 Å². The van der Waals surface area contributed by atoms with Crippen LogP contribution in [-0.4, -0.2) is 24.9 Å². The van der Waals surface area contributed by atoms with Crippen molar-refractivity contribution in [3.05, 3.63) is 30.2 Å². The van der Waals surface area contributed by atoms with Crippen LogP contribution >= 0.6 is 0 Å². The smallest absolute Gasteiger partial charge is 0.244 e. The molecule has 0 aromatic carbocycles. The van der Waals surface area contributed by atoms with Crippen LogP contribution in [0.5, 0.6) is 0 Å². The van der Waals surface area contributed by atoms with Crippen molar-refractivity contribution >= 4 is 17.9 Å². The summed E-state index contributed by atoms with van der Waals surface area (Å²) in [6.07, 6.45) is 5.26. The molecule has 0 bridgehead atoms. The van der Waals surface area contributed by atoms with Crippen molar-refractivity contribution in [3.8, 4) is 0 Å². The minimum atomic E-state index is -0.326. The maximum absolute atomic E-state index is 11.3. The van der Waals surface area contributed by atoms with Gasteiger partial charge in [0.25, 0.3) is 0 Å². The molecule has 2 N–H and O–H groups in total. The summed E-state index contributed by atoms with van der Waals surface area (Å²) in [7, 11) is 0. The summed E-state index contributed by atoms with van der Waals surface area (Å²) in [4.78, 5) is 22.5. The Balaban J connectivity index is 2.23. The van der Waals surface area contributed by atoms with Gasteiger partial charge >= 0.3 is 0 Å². The maximum atomic E-state index is 11.3. The predicted molar refractivity (Wildman–Crippen MR) is 64.1 cm³/mol. The van der Waals surface area contributed by atoms with E-state index in [1.54, 1.807) is 18.2 Å². The molecule has 0 unspecified atom stereocenters. The molecule has 1 heterocycles. The Labute approximate surface area is 99.9 Å². The molecule has 0 saturated carbocycles. The first kappa shape index (κ1) is 13.0. The monoisotopic (exact) mass is 236 g/mol. The van der Waals surface area contributed by atoms with Gasteiger partial charge in [0, 0.05) is 12.6 Å². The summed E-state index contributed by atoms with van der Waals surface area (Å²) >= 11 is 0. The number of nitrogens with one attached hydrogen (secondary N) is 2. The lowest BCUT2D eigenvalue weighted by molar-refractivity contribution is -0.123. The summed E-state index contributed by atoms with van der Waals surface area (Å²) < 4.78 is 5.02. The van der Waals surface area contributed by atoms with Crippen LogP contribution in [0.1, 0.15) is 19.1 Å². The van der Waals surface area contributed by atoms with Crippen LogP contribution in [0.4, 0.5) is 0 Å². The highest BCUT2D eigenvalue weighted by molar-refractivity contribution is 5.93. The Morgan fingerprint density at radius 1 is 1.41 bits per heavy atom. The van der Waals surface area contributed by atoms with E-state index < -0.39 is 0 Å². The van der Waals surface area contributed by atoms with E-state index >= 15 is 0 Å². The SMILES string of the molecule is CCCNC(=O)CNC(=O)/C=C/c1ccco1. The molecule has 1 aromatic rings. The van der Waals surface area contributed by atoms with Crippen molar-refractivity contribution in [3.63, 3.8) is 0 Å². The summed E-state index contributed by atoms with van der Waals surface area (Å²) in [6.45, 7) is 2.57. The zero-order valence-electron chi connectivity index (χ0n) is 9.73. The summed E-state index contributed by atoms with van der Waals surface area (Å²) in [5.41, 5.74) is 0. The zero-order valence-corrected chi connectivity index (χ0v) is 9.73. The molecule has 1 aromatic heterocycles. The van der Waals surface area contributed by atoms with E-state index in [1.165, 1.54) is 12.3 Å². The number of hydrogen-bond acceptors (Lipinski definition) is 3. The molecule has 0 radical (unpaired) electrons. The van der Waals surface area contributed by atoms with Crippen LogP contribution in [-0.2, 0) is 9.59 Å². The van der Waals surface area contributed by atoms with Gasteiger partial charge in [0.15, 0.2) is 0 Å². The van der Waals surface area contributed by atoms with Crippen LogP contribution in [0.25, 0.3) is 6.08 Å². The van der Waals surface area contributed by atoms with E-state index in [9.17, 15) is 9.59 Å². The highest BCUT2D eigenvalue weighted by atomic mass is 16.3. The second-order valence-corrected chi connectivity index (χ2v) is 3.42. The third-order valence-corrected chi connectivity index (χ3v) is 1.94. The predicted octanol–water partition coefficient (Wildman–Crippen LogP) is 0.935. The normalized spacial score (nSPS) is 10.4. The van der Waals surface area contributed by atoms with Gasteiger partial charge in [-0.15, -0.1) is 0 Å². The van der Waals surface area contributed by atoms with Crippen LogP contribution < -0.4 is 10.6 Å². The molecule has 17 heavy (non-hydrogen) atoms. The summed E-state index contributed by atoms with van der Waals surface area (Å²) in [5, 5.41) is 5.14. The minimum absolute atomic E-state index is 0.0126.